The van der Waals surface area contributed by atoms with Gasteiger partial charge in [0.15, 0.2) is 0 Å². The molecule has 1 saturated carbocycles. The van der Waals surface area contributed by atoms with Gasteiger partial charge in [0.05, 0.1) is 30.9 Å². The van der Waals surface area contributed by atoms with Gasteiger partial charge in [-0.3, -0.25) is 19.4 Å². The summed E-state index contributed by atoms with van der Waals surface area (Å²) < 4.78 is 5.45. The Labute approximate surface area is 226 Å². The Morgan fingerprint density at radius 2 is 1.87 bits per heavy atom. The van der Waals surface area contributed by atoms with Gasteiger partial charge in [-0.15, -0.1) is 0 Å². The van der Waals surface area contributed by atoms with Gasteiger partial charge in [-0.05, 0) is 79.3 Å². The third-order valence-electron chi connectivity index (χ3n) is 7.35. The average molecular weight is 536 g/mol. The Morgan fingerprint density at radius 3 is 2.55 bits per heavy atom. The average Bonchev–Trinajstić information content (AvgIpc) is 2.94. The number of nitrogens with zero attached hydrogens (tertiary/aromatic N) is 2. The van der Waals surface area contributed by atoms with Crippen LogP contribution in [-0.2, 0) is 16.2 Å². The number of nitrogens with one attached hydrogen (secondary N) is 1. The van der Waals surface area contributed by atoms with E-state index in [0.717, 1.165) is 5.56 Å². The Kier molecular flexibility index (Phi) is 7.93. The number of hydroxylamine groups is 1. The molecule has 1 aromatic heterocycles. The highest BCUT2D eigenvalue weighted by Gasteiger charge is 2.47. The van der Waals surface area contributed by atoms with E-state index in [2.05, 4.69) is 10.5 Å². The third-order valence-corrected chi connectivity index (χ3v) is 7.60. The summed E-state index contributed by atoms with van der Waals surface area (Å²) in [5.41, 5.74) is 5.09. The number of rotatable bonds is 7. The highest BCUT2D eigenvalue weighted by atomic mass is 35.5. The monoisotopic (exact) mass is 535 g/mol. The largest absolute Gasteiger partial charge is 0.497 e. The first kappa shape index (κ1) is 26.2. The fourth-order valence-electron chi connectivity index (χ4n) is 5.47. The molecule has 3 aromatic rings. The van der Waals surface area contributed by atoms with Crippen molar-refractivity contribution in [3.63, 3.8) is 0 Å². The molecular weight excluding hydrogens is 506 g/mol. The van der Waals surface area contributed by atoms with Crippen LogP contribution < -0.4 is 10.2 Å². The summed E-state index contributed by atoms with van der Waals surface area (Å²) in [6.45, 7) is 0.0963. The first-order chi connectivity index (χ1) is 18.5. The Hall–Kier alpha value is -3.46. The van der Waals surface area contributed by atoms with E-state index in [-0.39, 0.29) is 30.6 Å². The van der Waals surface area contributed by atoms with Crippen LogP contribution in [0, 0.1) is 0 Å². The van der Waals surface area contributed by atoms with Crippen molar-refractivity contribution >= 4 is 23.4 Å². The predicted molar refractivity (Wildman–Crippen MR) is 142 cm³/mol. The van der Waals surface area contributed by atoms with Gasteiger partial charge in [0.1, 0.15) is 12.4 Å². The number of carbonyl (C=O) groups is 2. The molecule has 5 rings (SSSR count). The van der Waals surface area contributed by atoms with Crippen molar-refractivity contribution in [2.45, 2.75) is 56.4 Å². The van der Waals surface area contributed by atoms with E-state index >= 15 is 0 Å². The maximum atomic E-state index is 14.0. The van der Waals surface area contributed by atoms with E-state index in [1.54, 1.807) is 55.8 Å². The van der Waals surface area contributed by atoms with Gasteiger partial charge >= 0.3 is 0 Å². The molecule has 0 radical (unpaired) electrons. The molecule has 0 unspecified atom stereocenters. The number of amides is 2. The molecule has 2 atom stereocenters. The fourth-order valence-corrected chi connectivity index (χ4v) is 5.60. The van der Waals surface area contributed by atoms with Crippen molar-refractivity contribution in [1.29, 1.82) is 0 Å². The van der Waals surface area contributed by atoms with E-state index in [0.29, 0.717) is 53.3 Å². The number of methoxy groups -OCH3 is 1. The molecule has 0 spiro atoms. The van der Waals surface area contributed by atoms with Crippen molar-refractivity contribution in [2.75, 3.05) is 7.11 Å². The second-order valence-corrected chi connectivity index (χ2v) is 10.1. The standard InChI is InChI=1S/C29H30ClN3O5/c1-37-23-13-14-24-25(16-23)26(28(35)32-38-17-20-4-2-3-15-31-20)27(18-5-7-19(30)8-6-18)33(29(24)36)21-9-11-22(34)12-10-21/h2-8,13-16,21-22,26-27,34H,9-12,17H2,1H3,(H,32,35)/t21-,22-,26-,27+/m1/s1. The number of aliphatic hydroxyl groups is 1. The zero-order chi connectivity index (χ0) is 26.6. The molecule has 2 aromatic carbocycles. The molecule has 2 heterocycles. The second kappa shape index (κ2) is 11.5. The molecule has 2 aliphatic rings. The molecule has 2 amide bonds. The second-order valence-electron chi connectivity index (χ2n) is 9.68. The number of aromatic nitrogens is 1. The number of carbonyl (C=O) groups excluding carboxylic acids is 2. The van der Waals surface area contributed by atoms with Crippen LogP contribution in [0.2, 0.25) is 5.02 Å². The first-order valence-electron chi connectivity index (χ1n) is 12.7. The quantitative estimate of drug-likeness (QED) is 0.430. The number of hydrogen-bond acceptors (Lipinski definition) is 6. The van der Waals surface area contributed by atoms with Gasteiger partial charge in [0.25, 0.3) is 11.8 Å². The Morgan fingerprint density at radius 1 is 1.11 bits per heavy atom. The number of aliphatic hydroxyl groups excluding tert-OH is 1. The van der Waals surface area contributed by atoms with Crippen molar-refractivity contribution in [3.8, 4) is 5.75 Å². The van der Waals surface area contributed by atoms with Crippen molar-refractivity contribution in [2.24, 2.45) is 0 Å². The van der Waals surface area contributed by atoms with Crippen LogP contribution in [-0.4, -0.2) is 46.1 Å². The van der Waals surface area contributed by atoms with Crippen LogP contribution >= 0.6 is 11.6 Å². The molecular formula is C29H30ClN3O5. The van der Waals surface area contributed by atoms with E-state index in [1.807, 2.05) is 23.1 Å². The molecule has 0 saturated heterocycles. The molecule has 1 aliphatic heterocycles. The zero-order valence-electron chi connectivity index (χ0n) is 21.0. The molecule has 8 nitrogen and oxygen atoms in total. The summed E-state index contributed by atoms with van der Waals surface area (Å²) in [6.07, 6.45) is 3.77. The zero-order valence-corrected chi connectivity index (χ0v) is 21.8. The van der Waals surface area contributed by atoms with Crippen LogP contribution in [0.1, 0.15) is 64.8 Å². The molecule has 198 valence electrons. The number of pyridine rings is 1. The van der Waals surface area contributed by atoms with E-state index in [9.17, 15) is 14.7 Å². The molecule has 38 heavy (non-hydrogen) atoms. The highest BCUT2D eigenvalue weighted by Crippen LogP contribution is 2.46. The van der Waals surface area contributed by atoms with Gasteiger partial charge in [-0.2, -0.15) is 0 Å². The lowest BCUT2D eigenvalue weighted by Crippen LogP contribution is -2.52. The normalized spacial score (nSPS) is 23.0. The van der Waals surface area contributed by atoms with Gasteiger partial charge < -0.3 is 14.7 Å². The molecule has 0 bridgehead atoms. The van der Waals surface area contributed by atoms with E-state index in [4.69, 9.17) is 21.2 Å². The minimum atomic E-state index is -0.783. The Balaban J connectivity index is 1.56. The summed E-state index contributed by atoms with van der Waals surface area (Å²) in [5.74, 6) is -0.770. The minimum Gasteiger partial charge on any atom is -0.497 e. The van der Waals surface area contributed by atoms with Gasteiger partial charge in [0, 0.05) is 22.8 Å². The van der Waals surface area contributed by atoms with Gasteiger partial charge in [0.2, 0.25) is 0 Å². The lowest BCUT2D eigenvalue weighted by atomic mass is 9.77. The van der Waals surface area contributed by atoms with Crippen molar-refractivity contribution < 1.29 is 24.3 Å². The smallest absolute Gasteiger partial charge is 0.254 e. The van der Waals surface area contributed by atoms with Crippen LogP contribution in [0.4, 0.5) is 0 Å². The fraction of sp³-hybridized carbons (Fsp3) is 0.345. The predicted octanol–water partition coefficient (Wildman–Crippen LogP) is 4.58. The molecule has 1 aliphatic carbocycles. The van der Waals surface area contributed by atoms with Crippen LogP contribution in [0.5, 0.6) is 5.75 Å². The van der Waals surface area contributed by atoms with Gasteiger partial charge in [-0.1, -0.05) is 29.8 Å². The number of ether oxygens (including phenoxy) is 1. The summed E-state index contributed by atoms with van der Waals surface area (Å²) in [4.78, 5) is 39.6. The van der Waals surface area contributed by atoms with Crippen molar-refractivity contribution in [1.82, 2.24) is 15.4 Å². The molecule has 2 N–H and O–H groups in total. The van der Waals surface area contributed by atoms with Gasteiger partial charge in [-0.25, -0.2) is 5.48 Å². The van der Waals surface area contributed by atoms with E-state index in [1.165, 1.54) is 0 Å². The third kappa shape index (κ3) is 5.38. The van der Waals surface area contributed by atoms with E-state index < -0.39 is 12.0 Å². The molecule has 1 fully saturated rings. The number of fused-ring (bicyclic) bond motifs is 1. The number of benzene rings is 2. The van der Waals surface area contributed by atoms with Crippen LogP contribution in [0.3, 0.4) is 0 Å². The SMILES string of the molecule is COc1ccc2c(c1)[C@@H](C(=O)NOCc1ccccn1)[C@H](c1ccc(Cl)cc1)N([C@H]1CC[C@H](O)CC1)C2=O. The van der Waals surface area contributed by atoms with Crippen LogP contribution in [0.25, 0.3) is 0 Å². The van der Waals surface area contributed by atoms with Crippen LogP contribution in [0.15, 0.2) is 66.9 Å². The number of hydrogen-bond donors (Lipinski definition) is 2. The minimum absolute atomic E-state index is 0.0963. The maximum absolute atomic E-state index is 14.0. The summed E-state index contributed by atoms with van der Waals surface area (Å²) in [5, 5.41) is 10.7. The Bertz CT molecular complexity index is 1280. The van der Waals surface area contributed by atoms with Crippen molar-refractivity contribution in [3.05, 3.63) is 94.3 Å². The summed E-state index contributed by atoms with van der Waals surface area (Å²) >= 11 is 6.20. The first-order valence-corrected chi connectivity index (χ1v) is 13.1. The summed E-state index contributed by atoms with van der Waals surface area (Å²) in [6, 6.07) is 17.1. The number of halogens is 1. The maximum Gasteiger partial charge on any atom is 0.254 e. The lowest BCUT2D eigenvalue weighted by molar-refractivity contribution is -0.138. The highest BCUT2D eigenvalue weighted by molar-refractivity contribution is 6.30. The lowest BCUT2D eigenvalue weighted by Gasteiger charge is -2.47. The molecule has 9 heteroatoms. The summed E-state index contributed by atoms with van der Waals surface area (Å²) in [7, 11) is 1.55. The topological polar surface area (TPSA) is 101 Å².